The van der Waals surface area contributed by atoms with Gasteiger partial charge in [-0.2, -0.15) is 0 Å². The van der Waals surface area contributed by atoms with E-state index in [9.17, 15) is 4.79 Å². The quantitative estimate of drug-likeness (QED) is 0.853. The molecule has 0 radical (unpaired) electrons. The largest absolute Gasteiger partial charge is 0.497 e. The van der Waals surface area contributed by atoms with Crippen LogP contribution in [-0.4, -0.2) is 49.0 Å². The third-order valence-corrected chi connectivity index (χ3v) is 4.63. The average molecular weight is 345 g/mol. The molecule has 0 saturated carbocycles. The zero-order valence-electron chi connectivity index (χ0n) is 13.7. The Kier molecular flexibility index (Phi) is 5.38. The van der Waals surface area contributed by atoms with Gasteiger partial charge < -0.3 is 9.64 Å². The number of carbonyl (C=O) groups excluding carboxylic acids is 1. The van der Waals surface area contributed by atoms with Crippen LogP contribution in [0.15, 0.2) is 48.5 Å². The SMILES string of the molecule is COc1ccc(C(=O)N2CCN(Cc3ccccc3)CC2)c(Cl)c1. The second kappa shape index (κ2) is 7.69. The summed E-state index contributed by atoms with van der Waals surface area (Å²) in [5.41, 5.74) is 1.84. The Morgan fingerprint density at radius 2 is 1.79 bits per heavy atom. The monoisotopic (exact) mass is 344 g/mol. The summed E-state index contributed by atoms with van der Waals surface area (Å²) in [6.45, 7) is 4.09. The first-order valence-electron chi connectivity index (χ1n) is 8.06. The molecule has 0 atom stereocenters. The van der Waals surface area contributed by atoms with Gasteiger partial charge in [0.2, 0.25) is 0 Å². The van der Waals surface area contributed by atoms with E-state index < -0.39 is 0 Å². The van der Waals surface area contributed by atoms with Crippen molar-refractivity contribution in [3.8, 4) is 5.75 Å². The maximum Gasteiger partial charge on any atom is 0.255 e. The topological polar surface area (TPSA) is 32.8 Å². The fourth-order valence-corrected chi connectivity index (χ4v) is 3.17. The first-order chi connectivity index (χ1) is 11.7. The molecule has 1 aliphatic rings. The second-order valence-corrected chi connectivity index (χ2v) is 6.31. The number of amides is 1. The van der Waals surface area contributed by atoms with Crippen molar-refractivity contribution in [1.29, 1.82) is 0 Å². The van der Waals surface area contributed by atoms with E-state index in [1.165, 1.54) is 5.56 Å². The highest BCUT2D eigenvalue weighted by Gasteiger charge is 2.23. The Balaban J connectivity index is 1.59. The average Bonchev–Trinajstić information content (AvgIpc) is 2.62. The molecule has 0 aromatic heterocycles. The van der Waals surface area contributed by atoms with E-state index in [-0.39, 0.29) is 5.91 Å². The van der Waals surface area contributed by atoms with Crippen molar-refractivity contribution in [3.05, 3.63) is 64.7 Å². The zero-order chi connectivity index (χ0) is 16.9. The number of hydrogen-bond acceptors (Lipinski definition) is 3. The van der Waals surface area contributed by atoms with Gasteiger partial charge >= 0.3 is 0 Å². The van der Waals surface area contributed by atoms with Crippen LogP contribution in [0.5, 0.6) is 5.75 Å². The summed E-state index contributed by atoms with van der Waals surface area (Å²) in [7, 11) is 1.58. The Hall–Kier alpha value is -2.04. The van der Waals surface area contributed by atoms with Gasteiger partial charge in [0.1, 0.15) is 5.75 Å². The number of benzene rings is 2. The molecule has 4 nitrogen and oxygen atoms in total. The van der Waals surface area contributed by atoms with Gasteiger partial charge in [0.25, 0.3) is 5.91 Å². The number of halogens is 1. The predicted molar refractivity (Wildman–Crippen MR) is 95.6 cm³/mol. The van der Waals surface area contributed by atoms with Crippen LogP contribution in [-0.2, 0) is 6.54 Å². The standard InChI is InChI=1S/C19H21ClN2O2/c1-24-16-7-8-17(18(20)13-16)19(23)22-11-9-21(10-12-22)14-15-5-3-2-4-6-15/h2-8,13H,9-12,14H2,1H3. The number of ether oxygens (including phenoxy) is 1. The third kappa shape index (κ3) is 3.89. The summed E-state index contributed by atoms with van der Waals surface area (Å²) in [6.07, 6.45) is 0. The molecule has 5 heteroatoms. The molecule has 126 valence electrons. The Labute approximate surface area is 147 Å². The molecule has 2 aromatic rings. The van der Waals surface area contributed by atoms with Crippen LogP contribution in [0, 0.1) is 0 Å². The molecule has 0 aliphatic carbocycles. The minimum atomic E-state index is -0.0120. The Bertz CT molecular complexity index is 698. The van der Waals surface area contributed by atoms with Crippen LogP contribution in [0.4, 0.5) is 0 Å². The maximum atomic E-state index is 12.7. The molecule has 3 rings (SSSR count). The van der Waals surface area contributed by atoms with Gasteiger partial charge in [0, 0.05) is 32.7 Å². The highest BCUT2D eigenvalue weighted by molar-refractivity contribution is 6.34. The summed E-state index contributed by atoms with van der Waals surface area (Å²) in [5.74, 6) is 0.645. The molecular weight excluding hydrogens is 324 g/mol. The highest BCUT2D eigenvalue weighted by Crippen LogP contribution is 2.24. The summed E-state index contributed by atoms with van der Waals surface area (Å²) >= 11 is 6.22. The van der Waals surface area contributed by atoms with Crippen LogP contribution >= 0.6 is 11.6 Å². The lowest BCUT2D eigenvalue weighted by molar-refractivity contribution is 0.0628. The number of piperazine rings is 1. The van der Waals surface area contributed by atoms with Crippen LogP contribution in [0.3, 0.4) is 0 Å². The second-order valence-electron chi connectivity index (χ2n) is 5.90. The van der Waals surface area contributed by atoms with Gasteiger partial charge in [-0.15, -0.1) is 0 Å². The van der Waals surface area contributed by atoms with E-state index in [1.54, 1.807) is 25.3 Å². The maximum absolute atomic E-state index is 12.7. The van der Waals surface area contributed by atoms with Gasteiger partial charge in [-0.1, -0.05) is 41.9 Å². The van der Waals surface area contributed by atoms with Crippen molar-refractivity contribution in [2.75, 3.05) is 33.3 Å². The van der Waals surface area contributed by atoms with Crippen molar-refractivity contribution < 1.29 is 9.53 Å². The molecule has 1 aliphatic heterocycles. The first-order valence-corrected chi connectivity index (χ1v) is 8.44. The summed E-state index contributed by atoms with van der Waals surface area (Å²) in [5, 5.41) is 0.436. The Morgan fingerprint density at radius 1 is 1.08 bits per heavy atom. The van der Waals surface area contributed by atoms with E-state index in [0.717, 1.165) is 19.6 Å². The summed E-state index contributed by atoms with van der Waals surface area (Å²) in [6, 6.07) is 15.6. The van der Waals surface area contributed by atoms with Gasteiger partial charge in [-0.3, -0.25) is 9.69 Å². The van der Waals surface area contributed by atoms with E-state index >= 15 is 0 Å². The molecule has 2 aromatic carbocycles. The van der Waals surface area contributed by atoms with Crippen molar-refractivity contribution in [2.45, 2.75) is 6.54 Å². The number of nitrogens with zero attached hydrogens (tertiary/aromatic N) is 2. The summed E-state index contributed by atoms with van der Waals surface area (Å²) in [4.78, 5) is 16.9. The lowest BCUT2D eigenvalue weighted by Crippen LogP contribution is -2.48. The lowest BCUT2D eigenvalue weighted by atomic mass is 10.1. The molecule has 1 saturated heterocycles. The molecular formula is C19H21ClN2O2. The number of hydrogen-bond donors (Lipinski definition) is 0. The minimum absolute atomic E-state index is 0.0120. The van der Waals surface area contributed by atoms with Crippen molar-refractivity contribution >= 4 is 17.5 Å². The van der Waals surface area contributed by atoms with E-state index in [1.807, 2.05) is 11.0 Å². The molecule has 0 unspecified atom stereocenters. The molecule has 24 heavy (non-hydrogen) atoms. The van der Waals surface area contributed by atoms with Gasteiger partial charge in [0.05, 0.1) is 17.7 Å². The molecule has 0 spiro atoms. The number of carbonyl (C=O) groups is 1. The molecule has 1 fully saturated rings. The van der Waals surface area contributed by atoms with Gasteiger partial charge in [-0.05, 0) is 23.8 Å². The van der Waals surface area contributed by atoms with Crippen molar-refractivity contribution in [1.82, 2.24) is 9.80 Å². The van der Waals surface area contributed by atoms with Crippen LogP contribution in [0.1, 0.15) is 15.9 Å². The van der Waals surface area contributed by atoms with Crippen molar-refractivity contribution in [3.63, 3.8) is 0 Å². The number of rotatable bonds is 4. The third-order valence-electron chi connectivity index (χ3n) is 4.32. The number of methoxy groups -OCH3 is 1. The zero-order valence-corrected chi connectivity index (χ0v) is 14.5. The van der Waals surface area contributed by atoms with Crippen molar-refractivity contribution in [2.24, 2.45) is 0 Å². The van der Waals surface area contributed by atoms with Crippen LogP contribution in [0.25, 0.3) is 0 Å². The molecule has 1 heterocycles. The van der Waals surface area contributed by atoms with Gasteiger partial charge in [0.15, 0.2) is 0 Å². The molecule has 0 N–H and O–H groups in total. The smallest absolute Gasteiger partial charge is 0.255 e. The molecule has 1 amide bonds. The highest BCUT2D eigenvalue weighted by atomic mass is 35.5. The minimum Gasteiger partial charge on any atom is -0.497 e. The van der Waals surface area contributed by atoms with Crippen LogP contribution in [0.2, 0.25) is 5.02 Å². The lowest BCUT2D eigenvalue weighted by Gasteiger charge is -2.35. The predicted octanol–water partition coefficient (Wildman–Crippen LogP) is 3.31. The van der Waals surface area contributed by atoms with Gasteiger partial charge in [-0.25, -0.2) is 0 Å². The normalized spacial score (nSPS) is 15.3. The summed E-state index contributed by atoms with van der Waals surface area (Å²) < 4.78 is 5.13. The van der Waals surface area contributed by atoms with E-state index in [4.69, 9.17) is 16.3 Å². The van der Waals surface area contributed by atoms with E-state index in [0.29, 0.717) is 29.4 Å². The fraction of sp³-hybridized carbons (Fsp3) is 0.316. The van der Waals surface area contributed by atoms with Crippen LogP contribution < -0.4 is 4.74 Å². The fourth-order valence-electron chi connectivity index (χ4n) is 2.92. The first kappa shape index (κ1) is 16.8. The Morgan fingerprint density at radius 3 is 2.42 bits per heavy atom. The van der Waals surface area contributed by atoms with E-state index in [2.05, 4.69) is 29.2 Å². The molecule has 0 bridgehead atoms.